The molecule has 1 atom stereocenters. The van der Waals surface area contributed by atoms with Crippen LogP contribution in [0.2, 0.25) is 0 Å². The Hall–Kier alpha value is -1.86. The second-order valence-electron chi connectivity index (χ2n) is 3.99. The lowest BCUT2D eigenvalue weighted by atomic mass is 10.0. The minimum atomic E-state index is -4.37. The van der Waals surface area contributed by atoms with Gasteiger partial charge in [-0.15, -0.1) is 0 Å². The zero-order valence-corrected chi connectivity index (χ0v) is 10.8. The van der Waals surface area contributed by atoms with E-state index < -0.39 is 23.0 Å². The van der Waals surface area contributed by atoms with Crippen LogP contribution in [-0.2, 0) is 17.4 Å². The van der Waals surface area contributed by atoms with E-state index >= 15 is 0 Å². The number of alkyl halides is 3. The summed E-state index contributed by atoms with van der Waals surface area (Å²) < 4.78 is 60.6. The standard InChI is InChI=1S/C13H10F3NO2S/c14-13(15,16)11-6-4-9(5-7-11)10-2-1-3-12(8-10)17-20(18)19/h1-8,17H,(H,18,19)/p-1. The van der Waals surface area contributed by atoms with Crippen molar-refractivity contribution >= 4 is 17.0 Å². The molecule has 0 bridgehead atoms. The Labute approximate surface area is 115 Å². The summed E-state index contributed by atoms with van der Waals surface area (Å²) in [4.78, 5) is 0. The maximum Gasteiger partial charge on any atom is 0.416 e. The molecule has 2 rings (SSSR count). The Bertz CT molecular complexity index is 626. The summed E-state index contributed by atoms with van der Waals surface area (Å²) in [6.07, 6.45) is -4.37. The number of benzene rings is 2. The lowest BCUT2D eigenvalue weighted by Gasteiger charge is -2.11. The van der Waals surface area contributed by atoms with E-state index in [-0.39, 0.29) is 0 Å². The lowest BCUT2D eigenvalue weighted by Crippen LogP contribution is -2.04. The van der Waals surface area contributed by atoms with Crippen molar-refractivity contribution in [2.24, 2.45) is 0 Å². The van der Waals surface area contributed by atoms with Crippen LogP contribution in [0.4, 0.5) is 18.9 Å². The third-order valence-corrected chi connectivity index (χ3v) is 3.01. The van der Waals surface area contributed by atoms with Gasteiger partial charge in [-0.05, 0) is 35.4 Å². The molecule has 0 spiro atoms. The van der Waals surface area contributed by atoms with Gasteiger partial charge >= 0.3 is 6.18 Å². The van der Waals surface area contributed by atoms with Gasteiger partial charge in [0.2, 0.25) is 0 Å². The van der Waals surface area contributed by atoms with E-state index in [1.165, 1.54) is 12.1 Å². The predicted octanol–water partition coefficient (Wildman–Crippen LogP) is 3.58. The second-order valence-corrected chi connectivity index (χ2v) is 4.67. The fraction of sp³-hybridized carbons (Fsp3) is 0.0769. The van der Waals surface area contributed by atoms with Gasteiger partial charge < -0.3 is 9.27 Å². The molecule has 1 unspecified atom stereocenters. The van der Waals surface area contributed by atoms with Gasteiger partial charge in [0.1, 0.15) is 0 Å². The van der Waals surface area contributed by atoms with Crippen LogP contribution in [0, 0.1) is 0 Å². The van der Waals surface area contributed by atoms with Crippen LogP contribution in [0.1, 0.15) is 5.56 Å². The van der Waals surface area contributed by atoms with Crippen LogP contribution >= 0.6 is 0 Å². The molecule has 20 heavy (non-hydrogen) atoms. The molecule has 0 aliphatic rings. The molecule has 3 nitrogen and oxygen atoms in total. The SMILES string of the molecule is O=S([O-])Nc1cccc(-c2ccc(C(F)(F)F)cc2)c1. The monoisotopic (exact) mass is 300 g/mol. The smallest absolute Gasteiger partial charge is 0.416 e. The average molecular weight is 300 g/mol. The third kappa shape index (κ3) is 3.58. The van der Waals surface area contributed by atoms with Crippen molar-refractivity contribution in [2.45, 2.75) is 6.18 Å². The first-order chi connectivity index (χ1) is 9.36. The second kappa shape index (κ2) is 5.64. The van der Waals surface area contributed by atoms with Crippen molar-refractivity contribution < 1.29 is 21.9 Å². The van der Waals surface area contributed by atoms with E-state index in [1.54, 1.807) is 24.3 Å². The third-order valence-electron chi connectivity index (χ3n) is 2.61. The molecular formula is C13H9F3NO2S-. The Morgan fingerprint density at radius 1 is 1.00 bits per heavy atom. The highest BCUT2D eigenvalue weighted by molar-refractivity contribution is 7.80. The quantitative estimate of drug-likeness (QED) is 0.881. The summed E-state index contributed by atoms with van der Waals surface area (Å²) in [5, 5.41) is 0. The van der Waals surface area contributed by atoms with Crippen molar-refractivity contribution in [2.75, 3.05) is 4.72 Å². The van der Waals surface area contributed by atoms with Crippen molar-refractivity contribution in [3.8, 4) is 11.1 Å². The molecule has 0 fully saturated rings. The zero-order valence-electron chi connectivity index (χ0n) is 9.98. The van der Waals surface area contributed by atoms with Crippen LogP contribution in [0.3, 0.4) is 0 Å². The molecule has 0 radical (unpaired) electrons. The molecule has 106 valence electrons. The molecule has 7 heteroatoms. The van der Waals surface area contributed by atoms with Gasteiger partial charge in [-0.25, -0.2) is 0 Å². The molecule has 0 aromatic heterocycles. The van der Waals surface area contributed by atoms with Crippen molar-refractivity contribution in [1.29, 1.82) is 0 Å². The molecule has 2 aromatic carbocycles. The molecule has 0 aliphatic heterocycles. The summed E-state index contributed by atoms with van der Waals surface area (Å²) in [6, 6.07) is 11.0. The zero-order chi connectivity index (χ0) is 14.8. The summed E-state index contributed by atoms with van der Waals surface area (Å²) in [5.41, 5.74) is 0.805. The minimum Gasteiger partial charge on any atom is -0.755 e. The molecule has 0 aliphatic carbocycles. The van der Waals surface area contributed by atoms with Crippen molar-refractivity contribution in [3.63, 3.8) is 0 Å². The Balaban J connectivity index is 2.30. The van der Waals surface area contributed by atoms with E-state index in [1.807, 2.05) is 0 Å². The summed E-state index contributed by atoms with van der Waals surface area (Å²) >= 11 is -2.45. The molecule has 0 heterocycles. The first-order valence-electron chi connectivity index (χ1n) is 5.50. The number of nitrogens with one attached hydrogen (secondary N) is 1. The van der Waals surface area contributed by atoms with E-state index in [9.17, 15) is 21.9 Å². The Morgan fingerprint density at radius 3 is 2.20 bits per heavy atom. The molecule has 2 aromatic rings. The van der Waals surface area contributed by atoms with E-state index in [2.05, 4.69) is 4.72 Å². The summed E-state index contributed by atoms with van der Waals surface area (Å²) in [7, 11) is 0. The lowest BCUT2D eigenvalue weighted by molar-refractivity contribution is -0.137. The highest BCUT2D eigenvalue weighted by Crippen LogP contribution is 2.31. The van der Waals surface area contributed by atoms with Gasteiger partial charge in [0.05, 0.1) is 5.56 Å². The number of hydrogen-bond donors (Lipinski definition) is 1. The van der Waals surface area contributed by atoms with E-state index in [0.717, 1.165) is 12.1 Å². The number of halogens is 3. The molecule has 1 N–H and O–H groups in total. The van der Waals surface area contributed by atoms with Crippen molar-refractivity contribution in [1.82, 2.24) is 0 Å². The van der Waals surface area contributed by atoms with E-state index in [0.29, 0.717) is 16.8 Å². The molecule has 0 saturated carbocycles. The predicted molar refractivity (Wildman–Crippen MR) is 69.4 cm³/mol. The average Bonchev–Trinajstić information content (AvgIpc) is 2.37. The first-order valence-corrected chi connectivity index (χ1v) is 6.57. The van der Waals surface area contributed by atoms with Crippen LogP contribution in [0.5, 0.6) is 0 Å². The van der Waals surface area contributed by atoms with Crippen LogP contribution in [0.25, 0.3) is 11.1 Å². The first kappa shape index (κ1) is 14.5. The normalized spacial score (nSPS) is 13.0. The highest BCUT2D eigenvalue weighted by Gasteiger charge is 2.29. The number of hydrogen-bond acceptors (Lipinski definition) is 2. The van der Waals surface area contributed by atoms with E-state index in [4.69, 9.17) is 0 Å². The van der Waals surface area contributed by atoms with Crippen LogP contribution < -0.4 is 4.72 Å². The summed E-state index contributed by atoms with van der Waals surface area (Å²) in [5.74, 6) is 0. The van der Waals surface area contributed by atoms with Gasteiger partial charge in [-0.1, -0.05) is 24.3 Å². The minimum absolute atomic E-state index is 0.343. The molecule has 0 saturated heterocycles. The topological polar surface area (TPSA) is 52.2 Å². The van der Waals surface area contributed by atoms with Gasteiger partial charge in [0.15, 0.2) is 0 Å². The maximum absolute atomic E-state index is 12.5. The molecular weight excluding hydrogens is 291 g/mol. The van der Waals surface area contributed by atoms with Gasteiger partial charge in [0.25, 0.3) is 0 Å². The van der Waals surface area contributed by atoms with Crippen molar-refractivity contribution in [3.05, 3.63) is 54.1 Å². The highest BCUT2D eigenvalue weighted by atomic mass is 32.2. The van der Waals surface area contributed by atoms with Crippen LogP contribution in [0.15, 0.2) is 48.5 Å². The number of rotatable bonds is 3. The Kier molecular flexibility index (Phi) is 4.10. The number of anilines is 1. The Morgan fingerprint density at radius 2 is 1.65 bits per heavy atom. The maximum atomic E-state index is 12.5. The largest absolute Gasteiger partial charge is 0.755 e. The fourth-order valence-electron chi connectivity index (χ4n) is 1.71. The van der Waals surface area contributed by atoms with Gasteiger partial charge in [-0.2, -0.15) is 13.2 Å². The molecule has 0 amide bonds. The summed E-state index contributed by atoms with van der Waals surface area (Å²) in [6.45, 7) is 0. The fourth-order valence-corrected chi connectivity index (χ4v) is 2.03. The van der Waals surface area contributed by atoms with Gasteiger partial charge in [0, 0.05) is 17.0 Å². The van der Waals surface area contributed by atoms with Gasteiger partial charge in [-0.3, -0.25) is 4.21 Å². The van der Waals surface area contributed by atoms with Crippen LogP contribution in [-0.4, -0.2) is 8.76 Å².